The van der Waals surface area contributed by atoms with Crippen molar-refractivity contribution >= 4 is 5.97 Å². The van der Waals surface area contributed by atoms with E-state index in [1.54, 1.807) is 0 Å². The van der Waals surface area contributed by atoms with Gasteiger partial charge in [-0.3, -0.25) is 0 Å². The third-order valence-corrected chi connectivity index (χ3v) is 6.08. The number of ether oxygens (including phenoxy) is 2. The molecule has 1 unspecified atom stereocenters. The first-order valence-corrected chi connectivity index (χ1v) is 9.97. The molecule has 4 rings (SSSR count). The summed E-state index contributed by atoms with van der Waals surface area (Å²) in [6.45, 7) is 4.68. The average Bonchev–Trinajstić information content (AvgIpc) is 3.41. The molecule has 3 nitrogen and oxygen atoms in total. The Morgan fingerprint density at radius 1 is 1.07 bits per heavy atom. The third kappa shape index (κ3) is 3.73. The van der Waals surface area contributed by atoms with E-state index in [1.807, 2.05) is 18.2 Å². The molecule has 2 aromatic carbocycles. The first-order valence-electron chi connectivity index (χ1n) is 9.97. The second-order valence-electron chi connectivity index (χ2n) is 8.57. The highest BCUT2D eigenvalue weighted by molar-refractivity contribution is 5.90. The number of hydrogen-bond donors (Lipinski definition) is 0. The summed E-state index contributed by atoms with van der Waals surface area (Å²) in [6.07, 6.45) is 6.28. The van der Waals surface area contributed by atoms with E-state index in [0.29, 0.717) is 17.6 Å². The van der Waals surface area contributed by atoms with Crippen LogP contribution in [0.4, 0.5) is 0 Å². The van der Waals surface area contributed by atoms with Gasteiger partial charge >= 0.3 is 5.97 Å². The van der Waals surface area contributed by atoms with Gasteiger partial charge in [-0.15, -0.1) is 0 Å². The fourth-order valence-corrected chi connectivity index (χ4v) is 4.38. The van der Waals surface area contributed by atoms with Crippen LogP contribution in [0.5, 0.6) is 5.75 Å². The highest BCUT2D eigenvalue weighted by Crippen LogP contribution is 2.51. The number of methoxy groups -OCH3 is 1. The molecule has 2 saturated carbocycles. The molecular formula is C24H28O3. The van der Waals surface area contributed by atoms with E-state index >= 15 is 0 Å². The minimum Gasteiger partial charge on any atom is -0.490 e. The van der Waals surface area contributed by atoms with Crippen molar-refractivity contribution in [1.82, 2.24) is 0 Å². The molecule has 0 saturated heterocycles. The van der Waals surface area contributed by atoms with E-state index in [4.69, 9.17) is 9.47 Å². The summed E-state index contributed by atoms with van der Waals surface area (Å²) in [4.78, 5) is 12.1. The maximum absolute atomic E-state index is 12.1. The molecule has 0 heterocycles. The number of benzene rings is 2. The van der Waals surface area contributed by atoms with Gasteiger partial charge in [-0.1, -0.05) is 38.5 Å². The molecule has 3 heteroatoms. The number of carbonyl (C=O) groups is 1. The van der Waals surface area contributed by atoms with Crippen LogP contribution in [-0.2, 0) is 4.74 Å². The van der Waals surface area contributed by atoms with Crippen LogP contribution in [0.25, 0.3) is 11.1 Å². The SMILES string of the molecule is COC(=O)c1ccc(-c2cccc(OC3CC3)c2)c(C2CCCC2(C)C)c1. The van der Waals surface area contributed by atoms with Crippen molar-refractivity contribution in [2.75, 3.05) is 7.11 Å². The lowest BCUT2D eigenvalue weighted by Gasteiger charge is -2.29. The summed E-state index contributed by atoms with van der Waals surface area (Å²) in [5, 5.41) is 0. The van der Waals surface area contributed by atoms with Crippen LogP contribution >= 0.6 is 0 Å². The van der Waals surface area contributed by atoms with Crippen LogP contribution in [0.2, 0.25) is 0 Å². The van der Waals surface area contributed by atoms with E-state index in [-0.39, 0.29) is 11.4 Å². The Labute approximate surface area is 161 Å². The predicted octanol–water partition coefficient (Wildman–Crippen LogP) is 5.98. The summed E-state index contributed by atoms with van der Waals surface area (Å²) in [5.74, 6) is 1.10. The first kappa shape index (κ1) is 18.1. The quantitative estimate of drug-likeness (QED) is 0.613. The summed E-state index contributed by atoms with van der Waals surface area (Å²) in [6, 6.07) is 14.4. The van der Waals surface area contributed by atoms with Crippen molar-refractivity contribution in [3.05, 3.63) is 53.6 Å². The molecule has 2 aliphatic carbocycles. The van der Waals surface area contributed by atoms with Gasteiger partial charge in [0.25, 0.3) is 0 Å². The van der Waals surface area contributed by atoms with E-state index in [9.17, 15) is 4.79 Å². The molecule has 0 spiro atoms. The molecular weight excluding hydrogens is 336 g/mol. The molecule has 2 aromatic rings. The summed E-state index contributed by atoms with van der Waals surface area (Å²) in [5.41, 5.74) is 4.46. The van der Waals surface area contributed by atoms with E-state index in [1.165, 1.54) is 31.1 Å². The van der Waals surface area contributed by atoms with Gasteiger partial charge in [-0.25, -0.2) is 4.79 Å². The van der Waals surface area contributed by atoms with Crippen molar-refractivity contribution in [1.29, 1.82) is 0 Å². The smallest absolute Gasteiger partial charge is 0.337 e. The lowest BCUT2D eigenvalue weighted by atomic mass is 9.75. The molecule has 2 fully saturated rings. The zero-order chi connectivity index (χ0) is 19.0. The van der Waals surface area contributed by atoms with Gasteiger partial charge in [-0.05, 0) is 78.0 Å². The Morgan fingerprint density at radius 3 is 2.56 bits per heavy atom. The van der Waals surface area contributed by atoms with Crippen molar-refractivity contribution < 1.29 is 14.3 Å². The second-order valence-corrected chi connectivity index (χ2v) is 8.57. The summed E-state index contributed by atoms with van der Waals surface area (Å²) in [7, 11) is 1.44. The van der Waals surface area contributed by atoms with Crippen LogP contribution in [0.1, 0.15) is 67.8 Å². The fourth-order valence-electron chi connectivity index (χ4n) is 4.38. The maximum Gasteiger partial charge on any atom is 0.337 e. The van der Waals surface area contributed by atoms with Crippen LogP contribution in [-0.4, -0.2) is 19.2 Å². The van der Waals surface area contributed by atoms with Gasteiger partial charge in [0.1, 0.15) is 5.75 Å². The third-order valence-electron chi connectivity index (χ3n) is 6.08. The van der Waals surface area contributed by atoms with Gasteiger partial charge in [0.15, 0.2) is 0 Å². The minimum atomic E-state index is -0.274. The van der Waals surface area contributed by atoms with Crippen molar-refractivity contribution in [3.8, 4) is 16.9 Å². The molecule has 27 heavy (non-hydrogen) atoms. The minimum absolute atomic E-state index is 0.228. The fraction of sp³-hybridized carbons (Fsp3) is 0.458. The number of esters is 1. The maximum atomic E-state index is 12.1. The standard InChI is InChI=1S/C24H28O3/c1-24(2)13-5-8-22(24)21-15-17(23(25)26-3)9-12-20(21)16-6-4-7-19(14-16)27-18-10-11-18/h4,6-7,9,12,14-15,18,22H,5,8,10-11,13H2,1-3H3. The summed E-state index contributed by atoms with van der Waals surface area (Å²) >= 11 is 0. The topological polar surface area (TPSA) is 35.5 Å². The molecule has 142 valence electrons. The van der Waals surface area contributed by atoms with Crippen molar-refractivity contribution in [2.24, 2.45) is 5.41 Å². The summed E-state index contributed by atoms with van der Waals surface area (Å²) < 4.78 is 11.0. The largest absolute Gasteiger partial charge is 0.490 e. The highest BCUT2D eigenvalue weighted by atomic mass is 16.5. The van der Waals surface area contributed by atoms with Crippen molar-refractivity contribution in [3.63, 3.8) is 0 Å². The molecule has 2 aliphatic rings. The molecule has 0 radical (unpaired) electrons. The molecule has 0 aliphatic heterocycles. The first-order chi connectivity index (χ1) is 13.0. The molecule has 0 amide bonds. The zero-order valence-electron chi connectivity index (χ0n) is 16.5. The normalized spacial score (nSPS) is 21.1. The molecule has 1 atom stereocenters. The lowest BCUT2D eigenvalue weighted by Crippen LogP contribution is -2.17. The molecule has 0 bridgehead atoms. The van der Waals surface area contributed by atoms with Crippen molar-refractivity contribution in [2.45, 2.75) is 58.0 Å². The number of rotatable bonds is 5. The van der Waals surface area contributed by atoms with Gasteiger partial charge in [0, 0.05) is 0 Å². The van der Waals surface area contributed by atoms with Crippen LogP contribution in [0.3, 0.4) is 0 Å². The van der Waals surface area contributed by atoms with Gasteiger partial charge in [0.05, 0.1) is 18.8 Å². The van der Waals surface area contributed by atoms with Gasteiger partial charge < -0.3 is 9.47 Å². The van der Waals surface area contributed by atoms with Crippen LogP contribution in [0.15, 0.2) is 42.5 Å². The number of hydrogen-bond acceptors (Lipinski definition) is 3. The van der Waals surface area contributed by atoms with Crippen LogP contribution in [0, 0.1) is 5.41 Å². The van der Waals surface area contributed by atoms with E-state index < -0.39 is 0 Å². The highest BCUT2D eigenvalue weighted by Gasteiger charge is 2.37. The molecule has 0 N–H and O–H groups in total. The molecule has 0 aromatic heterocycles. The van der Waals surface area contributed by atoms with E-state index in [0.717, 1.165) is 30.6 Å². The second kappa shape index (κ2) is 7.03. The lowest BCUT2D eigenvalue weighted by molar-refractivity contribution is 0.0600. The monoisotopic (exact) mass is 364 g/mol. The Hall–Kier alpha value is -2.29. The van der Waals surface area contributed by atoms with Gasteiger partial charge in [0.2, 0.25) is 0 Å². The zero-order valence-corrected chi connectivity index (χ0v) is 16.5. The predicted molar refractivity (Wildman–Crippen MR) is 107 cm³/mol. The van der Waals surface area contributed by atoms with Gasteiger partial charge in [-0.2, -0.15) is 0 Å². The van der Waals surface area contributed by atoms with E-state index in [2.05, 4.69) is 38.1 Å². The van der Waals surface area contributed by atoms with Crippen LogP contribution < -0.4 is 4.74 Å². The Kier molecular flexibility index (Phi) is 4.71. The number of carbonyl (C=O) groups excluding carboxylic acids is 1. The average molecular weight is 364 g/mol. The Bertz CT molecular complexity index is 848. The Morgan fingerprint density at radius 2 is 1.89 bits per heavy atom. The Balaban J connectivity index is 1.78.